The molecule has 1 N–H and O–H groups in total. The second kappa shape index (κ2) is 9.67. The Labute approximate surface area is 188 Å². The van der Waals surface area contributed by atoms with Gasteiger partial charge in [0, 0.05) is 17.1 Å². The topological polar surface area (TPSA) is 51.4 Å². The number of carbonyl (C=O) groups excluding carboxylic acids is 1. The third-order valence-electron chi connectivity index (χ3n) is 5.35. The number of para-hydroxylation sites is 1. The summed E-state index contributed by atoms with van der Waals surface area (Å²) in [6.45, 7) is 2.13. The van der Waals surface area contributed by atoms with E-state index in [9.17, 15) is 4.79 Å². The Morgan fingerprint density at radius 1 is 0.968 bits per heavy atom. The maximum Gasteiger partial charge on any atom is 0.411 e. The lowest BCUT2D eigenvalue weighted by Gasteiger charge is -2.11. The highest BCUT2D eigenvalue weighted by Crippen LogP contribution is 2.29. The third kappa shape index (κ3) is 4.57. The van der Waals surface area contributed by atoms with Gasteiger partial charge in [0.25, 0.3) is 0 Å². The maximum atomic E-state index is 11.6. The second-order valence-electron chi connectivity index (χ2n) is 7.15. The van der Waals surface area contributed by atoms with Gasteiger partial charge in [0.1, 0.15) is 12.8 Å². The molecule has 1 amide bonds. The van der Waals surface area contributed by atoms with Crippen molar-refractivity contribution in [1.29, 1.82) is 0 Å². The van der Waals surface area contributed by atoms with Crippen molar-refractivity contribution < 1.29 is 31.2 Å². The molecule has 1 heterocycles. The summed E-state index contributed by atoms with van der Waals surface area (Å²) in [6.07, 6.45) is 0.314. The van der Waals surface area contributed by atoms with Crippen molar-refractivity contribution in [2.24, 2.45) is 7.05 Å². The molecular weight excluding hydrogens is 412 g/mol. The van der Waals surface area contributed by atoms with Crippen LogP contribution in [-0.4, -0.2) is 19.8 Å². The Hall–Kier alpha value is -3.31. The van der Waals surface area contributed by atoms with Crippen LogP contribution in [0.15, 0.2) is 66.7 Å². The fourth-order valence-electron chi connectivity index (χ4n) is 3.84. The van der Waals surface area contributed by atoms with Gasteiger partial charge in [-0.05, 0) is 48.9 Å². The molecule has 0 aliphatic heterocycles. The molecule has 0 unspecified atom stereocenters. The maximum absolute atomic E-state index is 11.6. The predicted octanol–water partition coefficient (Wildman–Crippen LogP) is 1.99. The standard InChI is InChI=1S/C25H24N2O3.ClH/c1-4-30-25(28)26-18-11-9-17(10-12-18)15-24-22-16-19(29-3)13-14-20(22)21-7-5-6-8-23(21)27(24)2;/h5-14,16H,4,15H2,1-3H3;1H. The van der Waals surface area contributed by atoms with Crippen molar-refractivity contribution in [3.8, 4) is 5.75 Å². The van der Waals surface area contributed by atoms with Crippen molar-refractivity contribution in [2.45, 2.75) is 13.3 Å². The number of methoxy groups -OCH3 is 1. The summed E-state index contributed by atoms with van der Waals surface area (Å²) in [7, 11) is 3.80. The molecule has 160 valence electrons. The summed E-state index contributed by atoms with van der Waals surface area (Å²) in [5.41, 5.74) is 4.26. The van der Waals surface area contributed by atoms with E-state index in [1.807, 2.05) is 30.3 Å². The number of carbonyl (C=O) groups is 1. The molecule has 31 heavy (non-hydrogen) atoms. The summed E-state index contributed by atoms with van der Waals surface area (Å²) in [5, 5.41) is 6.33. The number of nitrogens with zero attached hydrogens (tertiary/aromatic N) is 1. The number of nitrogens with one attached hydrogen (secondary N) is 1. The van der Waals surface area contributed by atoms with Gasteiger partial charge in [0.05, 0.1) is 30.9 Å². The van der Waals surface area contributed by atoms with Crippen LogP contribution in [0, 0.1) is 0 Å². The van der Waals surface area contributed by atoms with E-state index in [-0.39, 0.29) is 12.4 Å². The molecule has 1 aromatic heterocycles. The second-order valence-corrected chi connectivity index (χ2v) is 7.15. The quantitative estimate of drug-likeness (QED) is 0.384. The molecule has 0 fully saturated rings. The Balaban J connectivity index is 0.00000272. The highest BCUT2D eigenvalue weighted by molar-refractivity contribution is 6.05. The van der Waals surface area contributed by atoms with Crippen LogP contribution >= 0.6 is 0 Å². The number of fused-ring (bicyclic) bond motifs is 3. The molecule has 0 atom stereocenters. The Bertz CT molecular complexity index is 1220. The van der Waals surface area contributed by atoms with Crippen LogP contribution in [0.4, 0.5) is 10.5 Å². The van der Waals surface area contributed by atoms with E-state index in [2.05, 4.69) is 53.3 Å². The monoisotopic (exact) mass is 436 g/mol. The van der Waals surface area contributed by atoms with Crippen LogP contribution in [-0.2, 0) is 18.2 Å². The normalized spacial score (nSPS) is 10.5. The van der Waals surface area contributed by atoms with Gasteiger partial charge in [0.2, 0.25) is 5.52 Å². The average Bonchev–Trinajstić information content (AvgIpc) is 2.77. The molecule has 0 bridgehead atoms. The molecule has 0 radical (unpaired) electrons. The Morgan fingerprint density at radius 3 is 2.42 bits per heavy atom. The van der Waals surface area contributed by atoms with E-state index < -0.39 is 6.09 Å². The fourth-order valence-corrected chi connectivity index (χ4v) is 3.84. The summed E-state index contributed by atoms with van der Waals surface area (Å²) in [6, 6.07) is 22.5. The van der Waals surface area contributed by atoms with Crippen molar-refractivity contribution in [3.05, 3.63) is 78.0 Å². The van der Waals surface area contributed by atoms with Crippen molar-refractivity contribution in [3.63, 3.8) is 0 Å². The zero-order valence-electron chi connectivity index (χ0n) is 17.8. The minimum absolute atomic E-state index is 0. The zero-order valence-corrected chi connectivity index (χ0v) is 18.6. The largest absolute Gasteiger partial charge is 1.00 e. The minimum Gasteiger partial charge on any atom is -1.00 e. The number of amides is 1. The van der Waals surface area contributed by atoms with E-state index in [1.165, 1.54) is 27.4 Å². The van der Waals surface area contributed by atoms with Gasteiger partial charge in [-0.25, -0.2) is 4.79 Å². The molecule has 4 aromatic rings. The molecule has 0 aliphatic carbocycles. The van der Waals surface area contributed by atoms with Gasteiger partial charge in [-0.2, -0.15) is 4.57 Å². The number of benzene rings is 3. The molecule has 6 heteroatoms. The summed E-state index contributed by atoms with van der Waals surface area (Å²) in [5.74, 6) is 0.841. The van der Waals surface area contributed by atoms with Crippen LogP contribution in [0.5, 0.6) is 5.75 Å². The average molecular weight is 437 g/mol. The van der Waals surface area contributed by atoms with E-state index in [0.717, 1.165) is 17.7 Å². The summed E-state index contributed by atoms with van der Waals surface area (Å²) < 4.78 is 12.7. The van der Waals surface area contributed by atoms with Gasteiger partial charge in [-0.15, -0.1) is 0 Å². The van der Waals surface area contributed by atoms with Gasteiger partial charge < -0.3 is 21.9 Å². The van der Waals surface area contributed by atoms with Gasteiger partial charge in [-0.1, -0.05) is 24.3 Å². The molecule has 5 nitrogen and oxygen atoms in total. The van der Waals surface area contributed by atoms with Gasteiger partial charge >= 0.3 is 6.09 Å². The fraction of sp³-hybridized carbons (Fsp3) is 0.200. The molecule has 3 aromatic carbocycles. The summed E-state index contributed by atoms with van der Waals surface area (Å²) in [4.78, 5) is 11.6. The Kier molecular flexibility index (Phi) is 6.98. The molecule has 0 spiro atoms. The first-order chi connectivity index (χ1) is 14.6. The van der Waals surface area contributed by atoms with E-state index in [4.69, 9.17) is 9.47 Å². The number of anilines is 1. The first-order valence-corrected chi connectivity index (χ1v) is 10.0. The first-order valence-electron chi connectivity index (χ1n) is 10.0. The molecular formula is C25H25ClN2O3. The van der Waals surface area contributed by atoms with Crippen molar-refractivity contribution in [2.75, 3.05) is 19.0 Å². The van der Waals surface area contributed by atoms with E-state index >= 15 is 0 Å². The highest BCUT2D eigenvalue weighted by atomic mass is 35.5. The lowest BCUT2D eigenvalue weighted by atomic mass is 9.99. The van der Waals surface area contributed by atoms with E-state index in [0.29, 0.717) is 12.3 Å². The Morgan fingerprint density at radius 2 is 1.71 bits per heavy atom. The zero-order chi connectivity index (χ0) is 21.1. The third-order valence-corrected chi connectivity index (χ3v) is 5.35. The van der Waals surface area contributed by atoms with E-state index in [1.54, 1.807) is 14.0 Å². The van der Waals surface area contributed by atoms with Crippen LogP contribution in [0.2, 0.25) is 0 Å². The number of ether oxygens (including phenoxy) is 2. The number of aryl methyl sites for hydroxylation is 1. The number of rotatable bonds is 5. The summed E-state index contributed by atoms with van der Waals surface area (Å²) >= 11 is 0. The molecule has 0 saturated carbocycles. The van der Waals surface area contributed by atoms with Crippen molar-refractivity contribution in [1.82, 2.24) is 0 Å². The van der Waals surface area contributed by atoms with Crippen molar-refractivity contribution >= 4 is 33.5 Å². The molecule has 4 rings (SSSR count). The van der Waals surface area contributed by atoms with Crippen LogP contribution in [0.3, 0.4) is 0 Å². The number of aromatic nitrogens is 1. The van der Waals surface area contributed by atoms with Gasteiger partial charge in [0.15, 0.2) is 5.69 Å². The van der Waals surface area contributed by atoms with Crippen LogP contribution in [0.25, 0.3) is 21.7 Å². The lowest BCUT2D eigenvalue weighted by Crippen LogP contribution is -3.00. The highest BCUT2D eigenvalue weighted by Gasteiger charge is 2.19. The number of pyridine rings is 1. The smallest absolute Gasteiger partial charge is 0.411 e. The molecule has 0 aliphatic rings. The minimum atomic E-state index is -0.440. The number of hydrogen-bond acceptors (Lipinski definition) is 3. The first kappa shape index (κ1) is 22.4. The molecule has 0 saturated heterocycles. The van der Waals surface area contributed by atoms with Crippen LogP contribution in [0.1, 0.15) is 18.2 Å². The SMILES string of the molecule is CCOC(=O)Nc1ccc(Cc2c3cc(OC)ccc3c3ccccc3[n+]2C)cc1.[Cl-]. The van der Waals surface area contributed by atoms with Crippen LogP contribution < -0.4 is 27.0 Å². The number of hydrogen-bond donors (Lipinski definition) is 1. The van der Waals surface area contributed by atoms with Gasteiger partial charge in [-0.3, -0.25) is 5.32 Å². The number of halogens is 1. The predicted molar refractivity (Wildman–Crippen MR) is 119 cm³/mol. The lowest BCUT2D eigenvalue weighted by molar-refractivity contribution is -0.651.